The van der Waals surface area contributed by atoms with Gasteiger partial charge >= 0.3 is 6.03 Å². The van der Waals surface area contributed by atoms with E-state index in [0.717, 1.165) is 22.4 Å². The second-order valence-corrected chi connectivity index (χ2v) is 6.90. The quantitative estimate of drug-likeness (QED) is 0.907. The lowest BCUT2D eigenvalue weighted by Crippen LogP contribution is -2.54. The Balaban J connectivity index is 1.95. The highest BCUT2D eigenvalue weighted by Crippen LogP contribution is 2.24. The summed E-state index contributed by atoms with van der Waals surface area (Å²) in [5, 5.41) is 2.89. The number of rotatable bonds is 4. The molecule has 0 saturated carbocycles. The Labute approximate surface area is 150 Å². The van der Waals surface area contributed by atoms with Crippen molar-refractivity contribution in [1.82, 2.24) is 15.1 Å². The summed E-state index contributed by atoms with van der Waals surface area (Å²) in [6.45, 7) is 10.2. The Bertz CT molecular complexity index is 635. The molecular weight excluding hydrogens is 318 g/mol. The van der Waals surface area contributed by atoms with Gasteiger partial charge in [-0.3, -0.25) is 4.79 Å². The molecule has 0 atom stereocenters. The van der Waals surface area contributed by atoms with Crippen LogP contribution >= 0.6 is 0 Å². The van der Waals surface area contributed by atoms with Crippen LogP contribution in [0.25, 0.3) is 0 Å². The molecule has 2 rings (SSSR count). The molecule has 0 aliphatic carbocycles. The largest absolute Gasteiger partial charge is 0.496 e. The first-order valence-corrected chi connectivity index (χ1v) is 8.79. The zero-order chi connectivity index (χ0) is 18.6. The van der Waals surface area contributed by atoms with Crippen LogP contribution in [-0.2, 0) is 11.2 Å². The monoisotopic (exact) mass is 347 g/mol. The zero-order valence-electron chi connectivity index (χ0n) is 15.9. The Morgan fingerprint density at radius 2 is 1.64 bits per heavy atom. The lowest BCUT2D eigenvalue weighted by atomic mass is 10.0. The van der Waals surface area contributed by atoms with Crippen molar-refractivity contribution in [3.8, 4) is 5.75 Å². The van der Waals surface area contributed by atoms with Crippen LogP contribution in [-0.4, -0.2) is 61.1 Å². The van der Waals surface area contributed by atoms with E-state index < -0.39 is 0 Å². The molecule has 3 amide bonds. The first kappa shape index (κ1) is 19.1. The second kappa shape index (κ2) is 8.23. The number of ether oxygens (including phenoxy) is 1. The van der Waals surface area contributed by atoms with Crippen molar-refractivity contribution in [1.29, 1.82) is 0 Å². The van der Waals surface area contributed by atoms with Crippen molar-refractivity contribution in [3.63, 3.8) is 0 Å². The average molecular weight is 347 g/mol. The lowest BCUT2D eigenvalue weighted by Gasteiger charge is -2.35. The minimum absolute atomic E-state index is 0.0575. The zero-order valence-corrected chi connectivity index (χ0v) is 15.9. The smallest absolute Gasteiger partial charge is 0.317 e. The van der Waals surface area contributed by atoms with E-state index in [9.17, 15) is 9.59 Å². The topological polar surface area (TPSA) is 61.9 Å². The second-order valence-electron chi connectivity index (χ2n) is 6.90. The summed E-state index contributed by atoms with van der Waals surface area (Å²) in [4.78, 5) is 28.3. The standard InChI is InChI=1S/C19H29N3O3/c1-13(2)20-19(24)22-8-6-21(7-9-22)18(23)12-16-10-14(3)15(4)11-17(16)25-5/h10-11,13H,6-9,12H2,1-5H3,(H,20,24). The van der Waals surface area contributed by atoms with Crippen LogP contribution in [0.4, 0.5) is 4.79 Å². The number of piperazine rings is 1. The number of hydrogen-bond donors (Lipinski definition) is 1. The van der Waals surface area contributed by atoms with Gasteiger partial charge in [0.25, 0.3) is 0 Å². The third-order valence-electron chi connectivity index (χ3n) is 4.57. The van der Waals surface area contributed by atoms with Gasteiger partial charge in [-0.1, -0.05) is 6.07 Å². The number of urea groups is 1. The van der Waals surface area contributed by atoms with Crippen molar-refractivity contribution < 1.29 is 14.3 Å². The molecule has 25 heavy (non-hydrogen) atoms. The van der Waals surface area contributed by atoms with Gasteiger partial charge in [-0.15, -0.1) is 0 Å². The van der Waals surface area contributed by atoms with E-state index in [0.29, 0.717) is 32.6 Å². The summed E-state index contributed by atoms with van der Waals surface area (Å²) in [5.41, 5.74) is 3.21. The molecule has 6 heteroatoms. The highest BCUT2D eigenvalue weighted by Gasteiger charge is 2.25. The van der Waals surface area contributed by atoms with E-state index in [2.05, 4.69) is 5.32 Å². The first-order valence-electron chi connectivity index (χ1n) is 8.79. The summed E-state index contributed by atoms with van der Waals surface area (Å²) >= 11 is 0. The first-order chi connectivity index (χ1) is 11.8. The molecule has 1 aliphatic heterocycles. The fraction of sp³-hybridized carbons (Fsp3) is 0.579. The third-order valence-corrected chi connectivity index (χ3v) is 4.57. The van der Waals surface area contributed by atoms with Gasteiger partial charge in [0.1, 0.15) is 5.75 Å². The van der Waals surface area contributed by atoms with Crippen molar-refractivity contribution in [2.75, 3.05) is 33.3 Å². The van der Waals surface area contributed by atoms with Crippen molar-refractivity contribution in [2.45, 2.75) is 40.2 Å². The molecule has 0 radical (unpaired) electrons. The van der Waals surface area contributed by atoms with E-state index >= 15 is 0 Å². The van der Waals surface area contributed by atoms with E-state index in [-0.39, 0.29) is 18.0 Å². The fourth-order valence-corrected chi connectivity index (χ4v) is 2.95. The summed E-state index contributed by atoms with van der Waals surface area (Å²) < 4.78 is 5.42. The van der Waals surface area contributed by atoms with E-state index in [1.165, 1.54) is 0 Å². The molecule has 1 N–H and O–H groups in total. The molecular formula is C19H29N3O3. The van der Waals surface area contributed by atoms with Gasteiger partial charge in [-0.25, -0.2) is 4.79 Å². The molecule has 1 aliphatic rings. The number of carbonyl (C=O) groups excluding carboxylic acids is 2. The van der Waals surface area contributed by atoms with E-state index in [1.54, 1.807) is 12.0 Å². The molecule has 0 bridgehead atoms. The maximum atomic E-state index is 12.6. The van der Waals surface area contributed by atoms with Gasteiger partial charge in [-0.2, -0.15) is 0 Å². The molecule has 0 aromatic heterocycles. The number of hydrogen-bond acceptors (Lipinski definition) is 3. The van der Waals surface area contributed by atoms with E-state index in [4.69, 9.17) is 4.74 Å². The number of methoxy groups -OCH3 is 1. The predicted molar refractivity (Wildman–Crippen MR) is 98.0 cm³/mol. The Morgan fingerprint density at radius 1 is 1.08 bits per heavy atom. The minimum Gasteiger partial charge on any atom is -0.496 e. The third kappa shape index (κ3) is 4.87. The summed E-state index contributed by atoms with van der Waals surface area (Å²) in [6, 6.07) is 4.06. The number of nitrogens with zero attached hydrogens (tertiary/aromatic N) is 2. The van der Waals surface area contributed by atoms with Crippen LogP contribution in [0.3, 0.4) is 0 Å². The van der Waals surface area contributed by atoms with Crippen LogP contribution in [0.15, 0.2) is 12.1 Å². The highest BCUT2D eigenvalue weighted by atomic mass is 16.5. The Morgan fingerprint density at radius 3 is 2.20 bits per heavy atom. The summed E-state index contributed by atoms with van der Waals surface area (Å²) in [7, 11) is 1.63. The number of carbonyl (C=O) groups is 2. The Hall–Kier alpha value is -2.24. The van der Waals surface area contributed by atoms with Gasteiger partial charge < -0.3 is 19.9 Å². The van der Waals surface area contributed by atoms with Crippen LogP contribution in [0.1, 0.15) is 30.5 Å². The SMILES string of the molecule is COc1cc(C)c(C)cc1CC(=O)N1CCN(C(=O)NC(C)C)CC1. The summed E-state index contributed by atoms with van der Waals surface area (Å²) in [5.74, 6) is 0.830. The Kier molecular flexibility index (Phi) is 6.28. The normalized spacial score (nSPS) is 14.6. The fourth-order valence-electron chi connectivity index (χ4n) is 2.95. The number of nitrogens with one attached hydrogen (secondary N) is 1. The molecule has 138 valence electrons. The molecule has 1 saturated heterocycles. The van der Waals surface area contributed by atoms with E-state index in [1.807, 2.05) is 44.7 Å². The molecule has 6 nitrogen and oxygen atoms in total. The molecule has 1 fully saturated rings. The van der Waals surface area contributed by atoms with Crippen LogP contribution in [0.5, 0.6) is 5.75 Å². The molecule has 1 aromatic rings. The molecule has 1 aromatic carbocycles. The molecule has 1 heterocycles. The van der Waals surface area contributed by atoms with Crippen LogP contribution in [0, 0.1) is 13.8 Å². The van der Waals surface area contributed by atoms with Gasteiger partial charge in [0.15, 0.2) is 0 Å². The van der Waals surface area contributed by atoms with Crippen molar-refractivity contribution in [2.24, 2.45) is 0 Å². The number of benzene rings is 1. The highest BCUT2D eigenvalue weighted by molar-refractivity contribution is 5.80. The maximum Gasteiger partial charge on any atom is 0.317 e. The van der Waals surface area contributed by atoms with Crippen LogP contribution in [0.2, 0.25) is 0 Å². The summed E-state index contributed by atoms with van der Waals surface area (Å²) in [6.07, 6.45) is 0.322. The predicted octanol–water partition coefficient (Wildman–Crippen LogP) is 2.12. The number of amides is 3. The average Bonchev–Trinajstić information content (AvgIpc) is 2.57. The molecule has 0 unspecified atom stereocenters. The minimum atomic E-state index is -0.0575. The number of aryl methyl sites for hydroxylation is 2. The van der Waals surface area contributed by atoms with Crippen molar-refractivity contribution in [3.05, 3.63) is 28.8 Å². The van der Waals surface area contributed by atoms with Gasteiger partial charge in [0.05, 0.1) is 13.5 Å². The maximum absolute atomic E-state index is 12.6. The van der Waals surface area contributed by atoms with Gasteiger partial charge in [0.2, 0.25) is 5.91 Å². The van der Waals surface area contributed by atoms with Gasteiger partial charge in [-0.05, 0) is 44.9 Å². The van der Waals surface area contributed by atoms with Crippen LogP contribution < -0.4 is 10.1 Å². The lowest BCUT2D eigenvalue weighted by molar-refractivity contribution is -0.131. The van der Waals surface area contributed by atoms with Gasteiger partial charge in [0, 0.05) is 37.8 Å². The van der Waals surface area contributed by atoms with Crippen molar-refractivity contribution >= 4 is 11.9 Å². The molecule has 0 spiro atoms.